The molecule has 0 bridgehead atoms. The number of fused-ring (bicyclic) bond motifs is 1. The van der Waals surface area contributed by atoms with Crippen LogP contribution in [-0.4, -0.2) is 60.1 Å². The molecule has 4 aromatic rings. The van der Waals surface area contributed by atoms with E-state index in [-0.39, 0.29) is 24.3 Å². The van der Waals surface area contributed by atoms with Crippen LogP contribution in [0.15, 0.2) is 72.9 Å². The average molecular weight is 547 g/mol. The summed E-state index contributed by atoms with van der Waals surface area (Å²) < 4.78 is 24.2. The SMILES string of the molecule is COc1ccc(NC(=O)N(CC(=O)N(CCc2c[nH]c3ccccc23)Cc2ccc(F)cc2)C(C)C)c(OC)c1. The number of carbonyl (C=O) groups excluding carboxylic acids is 2. The highest BCUT2D eigenvalue weighted by molar-refractivity contribution is 5.94. The van der Waals surface area contributed by atoms with E-state index < -0.39 is 6.03 Å². The number of para-hydroxylation sites is 1. The van der Waals surface area contributed by atoms with E-state index in [4.69, 9.17) is 9.47 Å². The van der Waals surface area contributed by atoms with Gasteiger partial charge in [-0.15, -0.1) is 0 Å². The first kappa shape index (κ1) is 28.5. The van der Waals surface area contributed by atoms with Crippen molar-refractivity contribution in [2.45, 2.75) is 32.9 Å². The molecular formula is C31H35FN4O4. The molecule has 3 aromatic carbocycles. The fourth-order valence-electron chi connectivity index (χ4n) is 4.52. The van der Waals surface area contributed by atoms with Crippen molar-refractivity contribution in [3.8, 4) is 11.5 Å². The quantitative estimate of drug-likeness (QED) is 0.248. The Morgan fingerprint density at radius 2 is 1.75 bits per heavy atom. The van der Waals surface area contributed by atoms with Crippen molar-refractivity contribution < 1.29 is 23.5 Å². The maximum Gasteiger partial charge on any atom is 0.322 e. The van der Waals surface area contributed by atoms with Crippen LogP contribution in [0.5, 0.6) is 11.5 Å². The molecule has 2 N–H and O–H groups in total. The van der Waals surface area contributed by atoms with Gasteiger partial charge in [0.1, 0.15) is 23.9 Å². The number of methoxy groups -OCH3 is 2. The highest BCUT2D eigenvalue weighted by atomic mass is 19.1. The Hall–Kier alpha value is -4.53. The maximum absolute atomic E-state index is 13.7. The number of benzene rings is 3. The third-order valence-corrected chi connectivity index (χ3v) is 6.81. The molecule has 0 atom stereocenters. The molecule has 8 nitrogen and oxygen atoms in total. The predicted molar refractivity (Wildman–Crippen MR) is 154 cm³/mol. The first-order valence-corrected chi connectivity index (χ1v) is 13.2. The summed E-state index contributed by atoms with van der Waals surface area (Å²) in [6.45, 7) is 4.30. The van der Waals surface area contributed by atoms with Crippen LogP contribution in [0.4, 0.5) is 14.9 Å². The van der Waals surface area contributed by atoms with Gasteiger partial charge in [0.05, 0.1) is 19.9 Å². The second kappa shape index (κ2) is 13.0. The lowest BCUT2D eigenvalue weighted by Crippen LogP contribution is -2.47. The van der Waals surface area contributed by atoms with Crippen molar-refractivity contribution in [3.05, 3.63) is 89.9 Å². The summed E-state index contributed by atoms with van der Waals surface area (Å²) in [5, 5.41) is 3.96. The van der Waals surface area contributed by atoms with Crippen LogP contribution in [0.1, 0.15) is 25.0 Å². The van der Waals surface area contributed by atoms with Crippen LogP contribution in [-0.2, 0) is 17.8 Å². The van der Waals surface area contributed by atoms with Gasteiger partial charge in [-0.25, -0.2) is 9.18 Å². The summed E-state index contributed by atoms with van der Waals surface area (Å²) in [6, 6.07) is 18.5. The molecule has 3 amide bonds. The lowest BCUT2D eigenvalue weighted by atomic mass is 10.1. The van der Waals surface area contributed by atoms with Crippen LogP contribution in [0.3, 0.4) is 0 Å². The number of hydrogen-bond acceptors (Lipinski definition) is 4. The zero-order valence-electron chi connectivity index (χ0n) is 23.2. The van der Waals surface area contributed by atoms with E-state index in [1.165, 1.54) is 24.1 Å². The molecular weight excluding hydrogens is 511 g/mol. The molecule has 0 saturated carbocycles. The second-order valence-electron chi connectivity index (χ2n) is 9.77. The smallest absolute Gasteiger partial charge is 0.322 e. The van der Waals surface area contributed by atoms with Gasteiger partial charge in [0.25, 0.3) is 0 Å². The molecule has 40 heavy (non-hydrogen) atoms. The van der Waals surface area contributed by atoms with Crippen molar-refractivity contribution >= 4 is 28.5 Å². The highest BCUT2D eigenvalue weighted by Gasteiger charge is 2.25. The summed E-state index contributed by atoms with van der Waals surface area (Å²) in [4.78, 5) is 33.5. The summed E-state index contributed by atoms with van der Waals surface area (Å²) >= 11 is 0. The number of nitrogens with one attached hydrogen (secondary N) is 2. The second-order valence-corrected chi connectivity index (χ2v) is 9.77. The Labute approximate surface area is 233 Å². The van der Waals surface area contributed by atoms with Crippen LogP contribution in [0, 0.1) is 5.82 Å². The van der Waals surface area contributed by atoms with Crippen molar-refractivity contribution in [2.24, 2.45) is 0 Å². The van der Waals surface area contributed by atoms with E-state index in [1.807, 2.05) is 44.3 Å². The number of carbonyl (C=O) groups is 2. The minimum Gasteiger partial charge on any atom is -0.497 e. The van der Waals surface area contributed by atoms with Crippen LogP contribution < -0.4 is 14.8 Å². The molecule has 210 valence electrons. The van der Waals surface area contributed by atoms with Crippen molar-refractivity contribution in [1.29, 1.82) is 0 Å². The van der Waals surface area contributed by atoms with Gasteiger partial charge in [0.15, 0.2) is 0 Å². The number of aromatic nitrogens is 1. The molecule has 0 unspecified atom stereocenters. The molecule has 1 heterocycles. The van der Waals surface area contributed by atoms with Crippen molar-refractivity contribution in [3.63, 3.8) is 0 Å². The number of hydrogen-bond donors (Lipinski definition) is 2. The van der Waals surface area contributed by atoms with Gasteiger partial charge in [-0.1, -0.05) is 30.3 Å². The molecule has 4 rings (SSSR count). The van der Waals surface area contributed by atoms with Gasteiger partial charge in [-0.3, -0.25) is 4.79 Å². The summed E-state index contributed by atoms with van der Waals surface area (Å²) in [6.07, 6.45) is 2.58. The molecule has 0 saturated heterocycles. The molecule has 9 heteroatoms. The van der Waals surface area contributed by atoms with Crippen LogP contribution in [0.25, 0.3) is 10.9 Å². The van der Waals surface area contributed by atoms with Gasteiger partial charge in [0.2, 0.25) is 5.91 Å². The third-order valence-electron chi connectivity index (χ3n) is 6.81. The number of nitrogens with zero attached hydrogens (tertiary/aromatic N) is 2. The lowest BCUT2D eigenvalue weighted by molar-refractivity contribution is -0.132. The molecule has 0 aliphatic heterocycles. The Balaban J connectivity index is 1.52. The molecule has 1 aromatic heterocycles. The van der Waals surface area contributed by atoms with Gasteiger partial charge >= 0.3 is 6.03 Å². The number of H-pyrrole nitrogens is 1. The first-order valence-electron chi connectivity index (χ1n) is 13.2. The van der Waals surface area contributed by atoms with E-state index in [2.05, 4.69) is 10.3 Å². The Morgan fingerprint density at radius 3 is 2.45 bits per heavy atom. The molecule has 0 aliphatic rings. The molecule has 0 fully saturated rings. The maximum atomic E-state index is 13.7. The minimum atomic E-state index is -0.426. The zero-order chi connectivity index (χ0) is 28.6. The lowest BCUT2D eigenvalue weighted by Gasteiger charge is -2.30. The molecule has 0 spiro atoms. The predicted octanol–water partition coefficient (Wildman–Crippen LogP) is 5.84. The average Bonchev–Trinajstić information content (AvgIpc) is 3.37. The number of amides is 3. The Kier molecular flexibility index (Phi) is 9.27. The van der Waals surface area contributed by atoms with E-state index in [9.17, 15) is 14.0 Å². The monoisotopic (exact) mass is 546 g/mol. The number of rotatable bonds is 11. The Morgan fingerprint density at radius 1 is 1.00 bits per heavy atom. The summed E-state index contributed by atoms with van der Waals surface area (Å²) in [7, 11) is 3.06. The van der Waals surface area contributed by atoms with Gasteiger partial charge < -0.3 is 29.6 Å². The van der Waals surface area contributed by atoms with Gasteiger partial charge in [-0.2, -0.15) is 0 Å². The largest absolute Gasteiger partial charge is 0.497 e. The fourth-order valence-corrected chi connectivity index (χ4v) is 4.52. The molecule has 0 aliphatic carbocycles. The molecule has 0 radical (unpaired) electrons. The highest BCUT2D eigenvalue weighted by Crippen LogP contribution is 2.29. The number of urea groups is 1. The normalized spacial score (nSPS) is 10.9. The van der Waals surface area contributed by atoms with E-state index in [1.54, 1.807) is 42.3 Å². The fraction of sp³-hybridized carbons (Fsp3) is 0.290. The van der Waals surface area contributed by atoms with Crippen molar-refractivity contribution in [1.82, 2.24) is 14.8 Å². The summed E-state index contributed by atoms with van der Waals surface area (Å²) in [5.41, 5.74) is 3.40. The van der Waals surface area contributed by atoms with E-state index >= 15 is 0 Å². The number of anilines is 1. The van der Waals surface area contributed by atoms with E-state index in [0.29, 0.717) is 36.7 Å². The van der Waals surface area contributed by atoms with Crippen LogP contribution in [0.2, 0.25) is 0 Å². The van der Waals surface area contributed by atoms with Gasteiger partial charge in [-0.05, 0) is 61.7 Å². The van der Waals surface area contributed by atoms with Gasteiger partial charge in [0, 0.05) is 42.3 Å². The zero-order valence-corrected chi connectivity index (χ0v) is 23.2. The third kappa shape index (κ3) is 6.91. The first-order chi connectivity index (χ1) is 19.3. The standard InChI is InChI=1S/C31H35FN4O4/c1-21(2)36(31(38)34-28-14-13-25(39-3)17-29(28)40-4)20-30(37)35(19-22-9-11-24(32)12-10-22)16-15-23-18-33-27-8-6-5-7-26(23)27/h5-14,17-18,21,33H,15-16,19-20H2,1-4H3,(H,34,38). The number of aromatic amines is 1. The number of ether oxygens (including phenoxy) is 2. The summed E-state index contributed by atoms with van der Waals surface area (Å²) in [5.74, 6) is 0.489. The topological polar surface area (TPSA) is 86.9 Å². The minimum absolute atomic E-state index is 0.128. The van der Waals surface area contributed by atoms with E-state index in [0.717, 1.165) is 22.0 Å². The van der Waals surface area contributed by atoms with Crippen molar-refractivity contribution in [2.75, 3.05) is 32.6 Å². The Bertz CT molecular complexity index is 1450. The van der Waals surface area contributed by atoms with Crippen LogP contribution >= 0.6 is 0 Å². The number of halogens is 1.